The largest absolute Gasteiger partial charge is 0.497 e. The number of thiazole rings is 1. The van der Waals surface area contributed by atoms with E-state index in [1.54, 1.807) is 7.11 Å². The first-order valence-corrected chi connectivity index (χ1v) is 11.4. The molecule has 0 bridgehead atoms. The molecule has 1 atom stereocenters. The zero-order chi connectivity index (χ0) is 22.1. The van der Waals surface area contributed by atoms with Gasteiger partial charge in [0, 0.05) is 17.9 Å². The number of aromatic amines is 1. The van der Waals surface area contributed by atoms with Crippen LogP contribution in [0.5, 0.6) is 5.75 Å². The molecule has 32 heavy (non-hydrogen) atoms. The van der Waals surface area contributed by atoms with Crippen LogP contribution in [0.1, 0.15) is 25.3 Å². The van der Waals surface area contributed by atoms with Crippen molar-refractivity contribution in [1.82, 2.24) is 14.8 Å². The molecular formula is C24H24N4O3S. The Morgan fingerprint density at radius 3 is 2.81 bits per heavy atom. The van der Waals surface area contributed by atoms with Crippen LogP contribution in [0.2, 0.25) is 0 Å². The second-order valence-electron chi connectivity index (χ2n) is 7.76. The number of fused-ring (bicyclic) bond motifs is 1. The lowest BCUT2D eigenvalue weighted by molar-refractivity contribution is 0.118. The molecular weight excluding hydrogens is 424 g/mol. The molecule has 0 amide bonds. The lowest BCUT2D eigenvalue weighted by atomic mass is 10.0. The van der Waals surface area contributed by atoms with E-state index in [9.17, 15) is 4.79 Å². The van der Waals surface area contributed by atoms with E-state index in [0.717, 1.165) is 41.0 Å². The number of aromatic nitrogens is 3. The van der Waals surface area contributed by atoms with Crippen LogP contribution in [0.3, 0.4) is 0 Å². The van der Waals surface area contributed by atoms with Crippen molar-refractivity contribution in [3.05, 3.63) is 64.4 Å². The molecule has 0 radical (unpaired) electrons. The Morgan fingerprint density at radius 1 is 1.28 bits per heavy atom. The van der Waals surface area contributed by atoms with Crippen molar-refractivity contribution in [3.8, 4) is 22.1 Å². The molecule has 8 heteroatoms. The van der Waals surface area contributed by atoms with E-state index in [0.29, 0.717) is 28.6 Å². The fourth-order valence-corrected chi connectivity index (χ4v) is 4.86. The highest BCUT2D eigenvalue weighted by Gasteiger charge is 2.22. The minimum atomic E-state index is -0.163. The molecule has 0 saturated carbocycles. The summed E-state index contributed by atoms with van der Waals surface area (Å²) in [7, 11) is 1.63. The summed E-state index contributed by atoms with van der Waals surface area (Å²) >= 11 is 1.47. The highest BCUT2D eigenvalue weighted by atomic mass is 32.1. The molecule has 0 spiro atoms. The first-order valence-electron chi connectivity index (χ1n) is 10.6. The summed E-state index contributed by atoms with van der Waals surface area (Å²) in [5.74, 6) is 0.757. The third-order valence-electron chi connectivity index (χ3n) is 5.66. The van der Waals surface area contributed by atoms with Gasteiger partial charge in [-0.05, 0) is 56.2 Å². The van der Waals surface area contributed by atoms with Gasteiger partial charge in [-0.25, -0.2) is 4.98 Å². The first-order chi connectivity index (χ1) is 15.6. The maximum atomic E-state index is 13.6. The normalized spacial score (nSPS) is 16.7. The van der Waals surface area contributed by atoms with Gasteiger partial charge >= 0.3 is 0 Å². The Labute approximate surface area is 189 Å². The second kappa shape index (κ2) is 8.72. The monoisotopic (exact) mass is 448 g/mol. The third kappa shape index (κ3) is 3.87. The van der Waals surface area contributed by atoms with E-state index in [1.165, 1.54) is 16.0 Å². The fourth-order valence-electron chi connectivity index (χ4n) is 3.94. The molecule has 1 aliphatic heterocycles. The smallest absolute Gasteiger partial charge is 0.283 e. The van der Waals surface area contributed by atoms with Crippen molar-refractivity contribution < 1.29 is 9.47 Å². The van der Waals surface area contributed by atoms with Gasteiger partial charge in [0.25, 0.3) is 5.56 Å². The van der Waals surface area contributed by atoms with Crippen LogP contribution in [0.25, 0.3) is 26.6 Å². The molecule has 5 rings (SSSR count). The molecule has 1 fully saturated rings. The molecule has 2 aromatic heterocycles. The number of hydrogen-bond acceptors (Lipinski definition) is 6. The number of nitrogens with zero attached hydrogens (tertiary/aromatic N) is 3. The molecule has 1 aliphatic rings. The summed E-state index contributed by atoms with van der Waals surface area (Å²) in [4.78, 5) is 22.9. The van der Waals surface area contributed by atoms with Crippen LogP contribution in [0, 0.1) is 0 Å². The molecule has 2 aromatic carbocycles. The average molecular weight is 449 g/mol. The van der Waals surface area contributed by atoms with Crippen LogP contribution in [0.15, 0.2) is 58.3 Å². The van der Waals surface area contributed by atoms with Gasteiger partial charge < -0.3 is 9.47 Å². The number of benzene rings is 2. The Kier molecular flexibility index (Phi) is 5.63. The van der Waals surface area contributed by atoms with Crippen LogP contribution in [-0.4, -0.2) is 46.8 Å². The summed E-state index contributed by atoms with van der Waals surface area (Å²) in [6.45, 7) is 3.22. The molecule has 4 aromatic rings. The highest BCUT2D eigenvalue weighted by Crippen LogP contribution is 2.27. The number of aliphatic imine (C=N–C) groups is 1. The van der Waals surface area contributed by atoms with E-state index in [-0.39, 0.29) is 11.7 Å². The van der Waals surface area contributed by atoms with Gasteiger partial charge in [-0.3, -0.25) is 14.9 Å². The van der Waals surface area contributed by atoms with Crippen molar-refractivity contribution >= 4 is 27.3 Å². The third-order valence-corrected chi connectivity index (χ3v) is 6.68. The maximum absolute atomic E-state index is 13.6. The molecule has 0 aliphatic carbocycles. The van der Waals surface area contributed by atoms with Crippen molar-refractivity contribution in [2.75, 3.05) is 20.3 Å². The lowest BCUT2D eigenvalue weighted by Gasteiger charge is -2.07. The number of para-hydroxylation sites is 1. The van der Waals surface area contributed by atoms with E-state index < -0.39 is 0 Å². The van der Waals surface area contributed by atoms with Gasteiger partial charge in [-0.2, -0.15) is 4.68 Å². The van der Waals surface area contributed by atoms with Gasteiger partial charge in [0.2, 0.25) is 5.13 Å². The Morgan fingerprint density at radius 2 is 2.09 bits per heavy atom. The topological polar surface area (TPSA) is 81.5 Å². The molecule has 0 unspecified atom stereocenters. The van der Waals surface area contributed by atoms with E-state index in [2.05, 4.69) is 10.1 Å². The van der Waals surface area contributed by atoms with Gasteiger partial charge in [-0.15, -0.1) is 0 Å². The number of rotatable bonds is 6. The number of ether oxygens (including phenoxy) is 2. The standard InChI is InChI=1S/C24H24N4O3S/c1-15(25-14-18-6-5-13-31-18)21-22(16-9-11-17(30-2)12-10-16)27-28(23(21)29)24-26-19-7-3-4-8-20(19)32-24/h3-4,7-12,18,27H,5-6,13-14H2,1-2H3/t18-/m1/s1. The average Bonchev–Trinajstić information content (AvgIpc) is 3.56. The number of nitrogens with one attached hydrogen (secondary N) is 1. The highest BCUT2D eigenvalue weighted by molar-refractivity contribution is 7.20. The number of methoxy groups -OCH3 is 1. The van der Waals surface area contributed by atoms with Crippen molar-refractivity contribution in [3.63, 3.8) is 0 Å². The molecule has 7 nitrogen and oxygen atoms in total. The minimum Gasteiger partial charge on any atom is -0.497 e. The van der Waals surface area contributed by atoms with Gasteiger partial charge in [0.15, 0.2) is 0 Å². The van der Waals surface area contributed by atoms with Gasteiger partial charge in [0.05, 0.1) is 41.2 Å². The van der Waals surface area contributed by atoms with Gasteiger partial charge in [0.1, 0.15) is 5.75 Å². The lowest BCUT2D eigenvalue weighted by Crippen LogP contribution is -2.20. The zero-order valence-corrected chi connectivity index (χ0v) is 18.8. The first kappa shape index (κ1) is 20.7. The fraction of sp³-hybridized carbons (Fsp3) is 0.292. The van der Waals surface area contributed by atoms with Crippen LogP contribution < -0.4 is 10.3 Å². The van der Waals surface area contributed by atoms with E-state index >= 15 is 0 Å². The molecule has 1 saturated heterocycles. The Bertz CT molecular complexity index is 1290. The summed E-state index contributed by atoms with van der Waals surface area (Å²) in [6, 6.07) is 15.5. The molecule has 164 valence electrons. The Balaban J connectivity index is 1.62. The quantitative estimate of drug-likeness (QED) is 0.442. The number of H-pyrrole nitrogens is 1. The van der Waals surface area contributed by atoms with Gasteiger partial charge in [-0.1, -0.05) is 23.5 Å². The number of hydrogen-bond donors (Lipinski definition) is 1. The minimum absolute atomic E-state index is 0.125. The van der Waals surface area contributed by atoms with E-state index in [1.807, 2.05) is 55.5 Å². The second-order valence-corrected chi connectivity index (χ2v) is 8.77. The molecule has 1 N–H and O–H groups in total. The summed E-state index contributed by atoms with van der Waals surface area (Å²) < 4.78 is 13.5. The maximum Gasteiger partial charge on any atom is 0.283 e. The van der Waals surface area contributed by atoms with E-state index in [4.69, 9.17) is 14.5 Å². The van der Waals surface area contributed by atoms with Crippen molar-refractivity contribution in [2.45, 2.75) is 25.9 Å². The summed E-state index contributed by atoms with van der Waals surface area (Å²) in [5, 5.41) is 3.89. The molecule has 3 heterocycles. The van der Waals surface area contributed by atoms with Crippen LogP contribution in [-0.2, 0) is 4.74 Å². The zero-order valence-electron chi connectivity index (χ0n) is 18.0. The van der Waals surface area contributed by atoms with Crippen molar-refractivity contribution in [2.24, 2.45) is 4.99 Å². The van der Waals surface area contributed by atoms with Crippen molar-refractivity contribution in [1.29, 1.82) is 0 Å². The predicted octanol–water partition coefficient (Wildman–Crippen LogP) is 4.44. The summed E-state index contributed by atoms with van der Waals surface area (Å²) in [6.07, 6.45) is 2.19. The van der Waals surface area contributed by atoms with Crippen LogP contribution >= 0.6 is 11.3 Å². The SMILES string of the molecule is COc1ccc(-c2[nH]n(-c3nc4ccccc4s3)c(=O)c2C(C)=NC[C@H]2CCCO2)cc1. The Hall–Kier alpha value is -3.23. The summed E-state index contributed by atoms with van der Waals surface area (Å²) in [5.41, 5.74) is 3.53. The predicted molar refractivity (Wildman–Crippen MR) is 128 cm³/mol. The van der Waals surface area contributed by atoms with Crippen LogP contribution in [0.4, 0.5) is 0 Å².